The summed E-state index contributed by atoms with van der Waals surface area (Å²) in [6.45, 7) is 0. The molecule has 0 aliphatic heterocycles. The maximum absolute atomic E-state index is 14.8. The molecule has 0 saturated carbocycles. The molecule has 2 aromatic carbocycles. The minimum atomic E-state index is -0.437. The lowest BCUT2D eigenvalue weighted by Crippen LogP contribution is -1.95. The number of halogens is 1. The monoisotopic (exact) mass is 383 g/mol. The number of pyridine rings is 1. The van der Waals surface area contributed by atoms with Gasteiger partial charge in [0.2, 0.25) is 5.88 Å². The van der Waals surface area contributed by atoms with Crippen molar-refractivity contribution >= 4 is 5.82 Å². The van der Waals surface area contributed by atoms with E-state index in [0.717, 1.165) is 0 Å². The third-order valence-electron chi connectivity index (χ3n) is 4.19. The highest BCUT2D eigenvalue weighted by Gasteiger charge is 2.12. The Hall–Kier alpha value is -4.31. The van der Waals surface area contributed by atoms with Gasteiger partial charge in [-0.25, -0.2) is 14.4 Å². The summed E-state index contributed by atoms with van der Waals surface area (Å²) in [5, 5.41) is 8.87. The Morgan fingerprint density at radius 1 is 0.897 bits per heavy atom. The zero-order valence-electron chi connectivity index (χ0n) is 15.1. The number of anilines is 1. The van der Waals surface area contributed by atoms with Crippen molar-refractivity contribution in [1.82, 2.24) is 15.0 Å². The summed E-state index contributed by atoms with van der Waals surface area (Å²) in [4.78, 5) is 12.2. The van der Waals surface area contributed by atoms with Crippen LogP contribution in [0, 0.1) is 17.1 Å². The van der Waals surface area contributed by atoms with E-state index in [1.54, 1.807) is 30.3 Å². The van der Waals surface area contributed by atoms with Gasteiger partial charge in [-0.3, -0.25) is 4.98 Å². The summed E-state index contributed by atoms with van der Waals surface area (Å²) in [7, 11) is 0. The molecule has 0 bridgehead atoms. The number of benzene rings is 2. The lowest BCUT2D eigenvalue weighted by Gasteiger charge is -2.12. The zero-order chi connectivity index (χ0) is 20.2. The predicted octanol–water partition coefficient (Wildman–Crippen LogP) is 4.59. The maximum atomic E-state index is 14.8. The molecule has 6 nitrogen and oxygen atoms in total. The van der Waals surface area contributed by atoms with Gasteiger partial charge in [0.15, 0.2) is 0 Å². The number of ether oxygens (including phenoxy) is 1. The number of aromatic nitrogens is 3. The molecule has 0 aliphatic rings. The van der Waals surface area contributed by atoms with Crippen LogP contribution in [0.2, 0.25) is 0 Å². The summed E-state index contributed by atoms with van der Waals surface area (Å²) in [6, 6.07) is 17.3. The third-order valence-corrected chi connectivity index (χ3v) is 4.19. The Balaban J connectivity index is 1.67. The van der Waals surface area contributed by atoms with Gasteiger partial charge >= 0.3 is 0 Å². The van der Waals surface area contributed by atoms with Crippen molar-refractivity contribution in [3.8, 4) is 40.1 Å². The highest BCUT2D eigenvalue weighted by molar-refractivity contribution is 5.74. The van der Waals surface area contributed by atoms with Gasteiger partial charge < -0.3 is 10.5 Å². The molecule has 0 unspecified atom stereocenters. The van der Waals surface area contributed by atoms with E-state index in [1.165, 1.54) is 24.7 Å². The van der Waals surface area contributed by atoms with E-state index in [2.05, 4.69) is 15.0 Å². The Bertz CT molecular complexity index is 1200. The number of nitrogens with zero attached hydrogens (tertiary/aromatic N) is 4. The molecule has 0 saturated heterocycles. The van der Waals surface area contributed by atoms with Crippen molar-refractivity contribution in [2.45, 2.75) is 0 Å². The van der Waals surface area contributed by atoms with Gasteiger partial charge in [-0.2, -0.15) is 5.26 Å². The van der Waals surface area contributed by atoms with Crippen molar-refractivity contribution in [3.63, 3.8) is 0 Å². The van der Waals surface area contributed by atoms with E-state index in [1.807, 2.05) is 24.3 Å². The molecule has 7 heteroatoms. The number of hydrogen-bond acceptors (Lipinski definition) is 6. The molecule has 0 amide bonds. The average molecular weight is 383 g/mol. The fraction of sp³-hybridized carbons (Fsp3) is 0. The van der Waals surface area contributed by atoms with E-state index >= 15 is 0 Å². The van der Waals surface area contributed by atoms with Crippen LogP contribution < -0.4 is 10.5 Å². The third kappa shape index (κ3) is 3.87. The van der Waals surface area contributed by atoms with Crippen LogP contribution in [0.4, 0.5) is 10.2 Å². The number of hydrogen-bond donors (Lipinski definition) is 1. The Morgan fingerprint density at radius 3 is 2.45 bits per heavy atom. The standard InChI is InChI=1S/C22H14FN5O/c23-18-9-15(6-7-17(18)19-12-27-21(25)13-26-19)16-3-1-2-4-20(16)29-22-8-5-14(10-24)11-28-22/h1-9,11-13H,(H2,25,27). The molecular formula is C22H14FN5O. The van der Waals surface area contributed by atoms with E-state index in [9.17, 15) is 4.39 Å². The van der Waals surface area contributed by atoms with Gasteiger partial charge in [0.25, 0.3) is 0 Å². The second-order valence-electron chi connectivity index (χ2n) is 6.12. The first-order chi connectivity index (χ1) is 14.1. The van der Waals surface area contributed by atoms with Gasteiger partial charge in [0.1, 0.15) is 23.5 Å². The molecule has 2 aromatic heterocycles. The minimum absolute atomic E-state index is 0.272. The number of nitrogen functional groups attached to an aromatic ring is 1. The zero-order valence-corrected chi connectivity index (χ0v) is 15.1. The number of para-hydroxylation sites is 1. The first kappa shape index (κ1) is 18.1. The Labute approximate surface area is 166 Å². The van der Waals surface area contributed by atoms with E-state index < -0.39 is 5.82 Å². The Kier molecular flexibility index (Phi) is 4.82. The van der Waals surface area contributed by atoms with Crippen LogP contribution in [0.25, 0.3) is 22.4 Å². The molecule has 0 fully saturated rings. The number of nitrogens with two attached hydrogens (primary N) is 1. The first-order valence-corrected chi connectivity index (χ1v) is 8.65. The molecule has 0 spiro atoms. The van der Waals surface area contributed by atoms with Gasteiger partial charge in [-0.1, -0.05) is 24.3 Å². The lowest BCUT2D eigenvalue weighted by atomic mass is 10.0. The molecular weight excluding hydrogens is 369 g/mol. The van der Waals surface area contributed by atoms with Crippen LogP contribution >= 0.6 is 0 Å². The quantitative estimate of drug-likeness (QED) is 0.553. The average Bonchev–Trinajstić information content (AvgIpc) is 2.75. The maximum Gasteiger partial charge on any atom is 0.219 e. The second kappa shape index (κ2) is 7.74. The molecule has 140 valence electrons. The van der Waals surface area contributed by atoms with Crippen molar-refractivity contribution in [2.24, 2.45) is 0 Å². The molecule has 4 rings (SSSR count). The molecule has 4 aromatic rings. The fourth-order valence-electron chi connectivity index (χ4n) is 2.78. The number of nitriles is 1. The summed E-state index contributed by atoms with van der Waals surface area (Å²) >= 11 is 0. The number of rotatable bonds is 4. The smallest absolute Gasteiger partial charge is 0.219 e. The van der Waals surface area contributed by atoms with Crippen LogP contribution in [0.3, 0.4) is 0 Å². The first-order valence-electron chi connectivity index (χ1n) is 8.65. The minimum Gasteiger partial charge on any atom is -0.438 e. The van der Waals surface area contributed by atoms with E-state index in [-0.39, 0.29) is 5.82 Å². The highest BCUT2D eigenvalue weighted by Crippen LogP contribution is 2.34. The summed E-state index contributed by atoms with van der Waals surface area (Å²) in [5.74, 6) is 0.691. The predicted molar refractivity (Wildman–Crippen MR) is 106 cm³/mol. The fourth-order valence-corrected chi connectivity index (χ4v) is 2.78. The van der Waals surface area contributed by atoms with E-state index in [4.69, 9.17) is 15.7 Å². The van der Waals surface area contributed by atoms with Crippen LogP contribution in [-0.4, -0.2) is 15.0 Å². The topological polar surface area (TPSA) is 97.7 Å². The van der Waals surface area contributed by atoms with Crippen molar-refractivity contribution in [2.75, 3.05) is 5.73 Å². The lowest BCUT2D eigenvalue weighted by molar-refractivity contribution is 0.464. The molecule has 0 aliphatic carbocycles. The molecule has 0 atom stereocenters. The van der Waals surface area contributed by atoms with Gasteiger partial charge in [-0.05, 0) is 29.8 Å². The Morgan fingerprint density at radius 2 is 1.76 bits per heavy atom. The van der Waals surface area contributed by atoms with Crippen molar-refractivity contribution < 1.29 is 9.13 Å². The summed E-state index contributed by atoms with van der Waals surface area (Å²) in [5.41, 5.74) is 8.04. The van der Waals surface area contributed by atoms with Crippen molar-refractivity contribution in [1.29, 1.82) is 5.26 Å². The largest absolute Gasteiger partial charge is 0.438 e. The van der Waals surface area contributed by atoms with Crippen LogP contribution in [0.5, 0.6) is 11.6 Å². The SMILES string of the molecule is N#Cc1ccc(Oc2ccccc2-c2ccc(-c3cnc(N)cn3)c(F)c2)nc1. The normalized spacial score (nSPS) is 10.3. The highest BCUT2D eigenvalue weighted by atomic mass is 19.1. The van der Waals surface area contributed by atoms with Crippen LogP contribution in [-0.2, 0) is 0 Å². The van der Waals surface area contributed by atoms with Crippen LogP contribution in [0.1, 0.15) is 5.56 Å². The van der Waals surface area contributed by atoms with E-state index in [0.29, 0.717) is 39.6 Å². The second-order valence-corrected chi connectivity index (χ2v) is 6.12. The summed E-state index contributed by atoms with van der Waals surface area (Å²) < 4.78 is 20.6. The van der Waals surface area contributed by atoms with Gasteiger partial charge in [-0.15, -0.1) is 0 Å². The van der Waals surface area contributed by atoms with Crippen LogP contribution in [0.15, 0.2) is 73.2 Å². The van der Waals surface area contributed by atoms with Crippen molar-refractivity contribution in [3.05, 3.63) is 84.6 Å². The van der Waals surface area contributed by atoms with Gasteiger partial charge in [0, 0.05) is 23.4 Å². The molecule has 2 N–H and O–H groups in total. The molecule has 2 heterocycles. The molecule has 29 heavy (non-hydrogen) atoms. The van der Waals surface area contributed by atoms with Gasteiger partial charge in [0.05, 0.1) is 23.7 Å². The molecule has 0 radical (unpaired) electrons. The summed E-state index contributed by atoms with van der Waals surface area (Å²) in [6.07, 6.45) is 4.25.